The molecule has 23 heavy (non-hydrogen) atoms. The largest absolute Gasteiger partial charge is 0.493 e. The quantitative estimate of drug-likeness (QED) is 0.605. The lowest BCUT2D eigenvalue weighted by Crippen LogP contribution is -2.08. The number of halogens is 1. The van der Waals surface area contributed by atoms with E-state index in [1.807, 2.05) is 6.07 Å². The van der Waals surface area contributed by atoms with Gasteiger partial charge in [0.15, 0.2) is 11.8 Å². The summed E-state index contributed by atoms with van der Waals surface area (Å²) in [4.78, 5) is 14.7. The number of aromatic hydroxyl groups is 1. The number of rotatable bonds is 3. The van der Waals surface area contributed by atoms with Gasteiger partial charge < -0.3 is 15.2 Å². The van der Waals surface area contributed by atoms with E-state index < -0.39 is 12.0 Å². The molecule has 0 aliphatic heterocycles. The van der Waals surface area contributed by atoms with Gasteiger partial charge in [0.25, 0.3) is 5.91 Å². The Morgan fingerprint density at radius 1 is 1.17 bits per heavy atom. The molecule has 1 atom stereocenters. The summed E-state index contributed by atoms with van der Waals surface area (Å²) in [6.07, 6.45) is -1.39. The minimum Gasteiger partial charge on any atom is -0.493 e. The first-order chi connectivity index (χ1) is 11.1. The minimum absolute atomic E-state index is 0.148. The fourth-order valence-corrected chi connectivity index (χ4v) is 2.53. The fourth-order valence-electron chi connectivity index (χ4n) is 2.17. The number of benzene rings is 2. The molecule has 0 aliphatic rings. The molecule has 0 spiro atoms. The first-order valence-corrected chi connectivity index (χ1v) is 7.54. The Hall–Kier alpha value is -2.51. The zero-order valence-electron chi connectivity index (χ0n) is 11.8. The molecule has 1 amide bonds. The van der Waals surface area contributed by atoms with Crippen LogP contribution in [0.2, 0.25) is 0 Å². The number of aliphatic hydroxyl groups excluding tert-OH is 1. The van der Waals surface area contributed by atoms with Crippen molar-refractivity contribution in [2.24, 2.45) is 10.2 Å². The zero-order chi connectivity index (χ0) is 16.4. The average molecular weight is 374 g/mol. The highest BCUT2D eigenvalue weighted by atomic mass is 79.9. The molecular weight excluding hydrogens is 362 g/mol. The maximum absolute atomic E-state index is 11.9. The molecule has 7 heteroatoms. The molecule has 2 aromatic carbocycles. The van der Waals surface area contributed by atoms with Gasteiger partial charge >= 0.3 is 0 Å². The number of aliphatic hydroxyl groups is 1. The Morgan fingerprint density at radius 3 is 2.65 bits per heavy atom. The molecule has 1 heterocycles. The second-order valence-electron chi connectivity index (χ2n) is 4.86. The molecular formula is C16H12BrN3O3. The van der Waals surface area contributed by atoms with Crippen molar-refractivity contribution in [1.29, 1.82) is 0 Å². The van der Waals surface area contributed by atoms with Crippen molar-refractivity contribution in [1.82, 2.24) is 4.98 Å². The molecule has 0 unspecified atom stereocenters. The highest BCUT2D eigenvalue weighted by Gasteiger charge is 2.17. The van der Waals surface area contributed by atoms with Crippen LogP contribution in [0.1, 0.15) is 11.7 Å². The van der Waals surface area contributed by atoms with Crippen molar-refractivity contribution in [3.63, 3.8) is 0 Å². The summed E-state index contributed by atoms with van der Waals surface area (Å²) in [6, 6.07) is 13.8. The Morgan fingerprint density at radius 2 is 1.91 bits per heavy atom. The topological polar surface area (TPSA) is 98.0 Å². The third-order valence-electron chi connectivity index (χ3n) is 3.31. The Kier molecular flexibility index (Phi) is 4.22. The second kappa shape index (κ2) is 6.31. The summed E-state index contributed by atoms with van der Waals surface area (Å²) < 4.78 is 0.802. The van der Waals surface area contributed by atoms with Crippen LogP contribution in [-0.2, 0) is 4.79 Å². The van der Waals surface area contributed by atoms with Crippen LogP contribution >= 0.6 is 15.9 Å². The first kappa shape index (κ1) is 15.4. The molecule has 116 valence electrons. The van der Waals surface area contributed by atoms with Gasteiger partial charge in [0.1, 0.15) is 0 Å². The first-order valence-electron chi connectivity index (χ1n) is 6.75. The molecule has 3 aromatic rings. The maximum Gasteiger partial charge on any atom is 0.297 e. The Labute approximate surface area is 139 Å². The number of azo groups is 1. The van der Waals surface area contributed by atoms with Crippen LogP contribution in [0.25, 0.3) is 10.9 Å². The molecule has 3 N–H and O–H groups in total. The van der Waals surface area contributed by atoms with Crippen molar-refractivity contribution in [3.8, 4) is 5.88 Å². The molecule has 6 nitrogen and oxygen atoms in total. The van der Waals surface area contributed by atoms with Crippen LogP contribution in [0.4, 0.5) is 5.69 Å². The summed E-state index contributed by atoms with van der Waals surface area (Å²) in [5.41, 5.74) is 1.24. The monoisotopic (exact) mass is 373 g/mol. The Balaban J connectivity index is 1.89. The van der Waals surface area contributed by atoms with Crippen LogP contribution in [0.5, 0.6) is 5.88 Å². The lowest BCUT2D eigenvalue weighted by atomic mass is 10.1. The standard InChI is InChI=1S/C16H12BrN3O3/c17-10-6-7-12-11(8-10)13(15(22)18-12)19-20-16(23)14(21)9-4-2-1-3-5-9/h1-8,14,18,21-22H/t14-/m1/s1. The van der Waals surface area contributed by atoms with E-state index in [-0.39, 0.29) is 11.6 Å². The van der Waals surface area contributed by atoms with Crippen molar-refractivity contribution < 1.29 is 15.0 Å². The molecule has 0 saturated carbocycles. The molecule has 0 fully saturated rings. The van der Waals surface area contributed by atoms with Gasteiger partial charge in [-0.05, 0) is 23.8 Å². The maximum atomic E-state index is 11.9. The van der Waals surface area contributed by atoms with E-state index in [4.69, 9.17) is 0 Å². The third kappa shape index (κ3) is 3.15. The van der Waals surface area contributed by atoms with E-state index in [0.29, 0.717) is 16.5 Å². The predicted molar refractivity (Wildman–Crippen MR) is 88.6 cm³/mol. The normalized spacial score (nSPS) is 12.8. The van der Waals surface area contributed by atoms with Crippen molar-refractivity contribution >= 4 is 38.4 Å². The van der Waals surface area contributed by atoms with Crippen LogP contribution < -0.4 is 0 Å². The van der Waals surface area contributed by atoms with Crippen LogP contribution in [-0.4, -0.2) is 21.1 Å². The van der Waals surface area contributed by atoms with Gasteiger partial charge in [-0.25, -0.2) is 0 Å². The van der Waals surface area contributed by atoms with Gasteiger partial charge in [-0.1, -0.05) is 46.3 Å². The van der Waals surface area contributed by atoms with Crippen LogP contribution in [0.3, 0.4) is 0 Å². The predicted octanol–water partition coefficient (Wildman–Crippen LogP) is 3.98. The SMILES string of the molecule is O=C(N=Nc1c(O)[nH]c2ccc(Br)cc12)[C@H](O)c1ccccc1. The van der Waals surface area contributed by atoms with Crippen molar-refractivity contribution in [2.45, 2.75) is 6.10 Å². The number of nitrogens with zero attached hydrogens (tertiary/aromatic N) is 2. The summed E-state index contributed by atoms with van der Waals surface area (Å²) in [5.74, 6) is -0.996. The number of nitrogens with one attached hydrogen (secondary N) is 1. The molecule has 3 rings (SSSR count). The average Bonchev–Trinajstić information content (AvgIpc) is 2.87. The second-order valence-corrected chi connectivity index (χ2v) is 5.78. The lowest BCUT2D eigenvalue weighted by molar-refractivity contribution is -0.126. The summed E-state index contributed by atoms with van der Waals surface area (Å²) >= 11 is 3.33. The highest BCUT2D eigenvalue weighted by molar-refractivity contribution is 9.10. The van der Waals surface area contributed by atoms with Crippen molar-refractivity contribution in [2.75, 3.05) is 0 Å². The van der Waals surface area contributed by atoms with Crippen LogP contribution in [0, 0.1) is 0 Å². The summed E-state index contributed by atoms with van der Waals surface area (Å²) in [6.45, 7) is 0. The number of aromatic nitrogens is 1. The smallest absolute Gasteiger partial charge is 0.297 e. The van der Waals surface area contributed by atoms with Gasteiger partial charge in [-0.2, -0.15) is 0 Å². The van der Waals surface area contributed by atoms with E-state index in [2.05, 4.69) is 31.1 Å². The molecule has 0 radical (unpaired) electrons. The zero-order valence-corrected chi connectivity index (χ0v) is 13.4. The van der Waals surface area contributed by atoms with E-state index in [1.165, 1.54) is 0 Å². The fraction of sp³-hybridized carbons (Fsp3) is 0.0625. The number of hydrogen-bond donors (Lipinski definition) is 3. The van der Waals surface area contributed by atoms with E-state index >= 15 is 0 Å². The van der Waals surface area contributed by atoms with Crippen molar-refractivity contribution in [3.05, 3.63) is 58.6 Å². The van der Waals surface area contributed by atoms with Gasteiger partial charge in [0.2, 0.25) is 5.88 Å². The number of amides is 1. The molecule has 1 aromatic heterocycles. The number of hydrogen-bond acceptors (Lipinski definition) is 4. The molecule has 0 saturated heterocycles. The van der Waals surface area contributed by atoms with E-state index in [0.717, 1.165) is 4.47 Å². The van der Waals surface area contributed by atoms with E-state index in [9.17, 15) is 15.0 Å². The lowest BCUT2D eigenvalue weighted by Gasteiger charge is -2.04. The van der Waals surface area contributed by atoms with Gasteiger partial charge in [0.05, 0.1) is 5.52 Å². The highest BCUT2D eigenvalue weighted by Crippen LogP contribution is 2.37. The molecule has 0 bridgehead atoms. The third-order valence-corrected chi connectivity index (χ3v) is 3.81. The molecule has 0 aliphatic carbocycles. The minimum atomic E-state index is -1.39. The van der Waals surface area contributed by atoms with E-state index in [1.54, 1.807) is 42.5 Å². The number of fused-ring (bicyclic) bond motifs is 1. The number of aromatic amines is 1. The Bertz CT molecular complexity index is 890. The van der Waals surface area contributed by atoms with Crippen LogP contribution in [0.15, 0.2) is 63.2 Å². The van der Waals surface area contributed by atoms with Gasteiger partial charge in [-0.15, -0.1) is 10.2 Å². The number of carbonyl (C=O) groups is 1. The van der Waals surface area contributed by atoms with Gasteiger partial charge in [-0.3, -0.25) is 4.79 Å². The summed E-state index contributed by atoms with van der Waals surface area (Å²) in [7, 11) is 0. The van der Waals surface area contributed by atoms with Gasteiger partial charge in [0, 0.05) is 9.86 Å². The summed E-state index contributed by atoms with van der Waals surface area (Å²) in [5, 5.41) is 27.8. The number of carbonyl (C=O) groups excluding carboxylic acids is 1. The number of H-pyrrole nitrogens is 1.